The number of nitrogen functional groups attached to an aromatic ring is 1. The zero-order chi connectivity index (χ0) is 23.3. The summed E-state index contributed by atoms with van der Waals surface area (Å²) in [6.07, 6.45) is 0. The molecule has 0 amide bonds. The van der Waals surface area contributed by atoms with E-state index in [9.17, 15) is 14.4 Å². The quantitative estimate of drug-likeness (QED) is 0.297. The van der Waals surface area contributed by atoms with Gasteiger partial charge in [0, 0.05) is 6.54 Å². The Morgan fingerprint density at radius 2 is 2.06 bits per heavy atom. The smallest absolute Gasteiger partial charge is 0.329 e. The van der Waals surface area contributed by atoms with E-state index in [1.54, 1.807) is 0 Å². The minimum Gasteiger partial charge on any atom is -0.492 e. The molecular weight excluding hydrogens is 452 g/mol. The Bertz CT molecular complexity index is 1220. The van der Waals surface area contributed by atoms with Gasteiger partial charge in [-0.05, 0) is 25.0 Å². The van der Waals surface area contributed by atoms with E-state index in [1.807, 2.05) is 45.0 Å². The van der Waals surface area contributed by atoms with Crippen molar-refractivity contribution in [3.8, 4) is 5.75 Å². The molecule has 0 aliphatic rings. The molecule has 0 unspecified atom stereocenters. The topological polar surface area (TPSA) is 145 Å². The number of rotatable bonds is 10. The molecule has 170 valence electrons. The molecule has 3 aromatic rings. The van der Waals surface area contributed by atoms with E-state index < -0.39 is 17.0 Å². The number of anilines is 3. The maximum Gasteiger partial charge on any atom is 0.329 e. The fourth-order valence-electron chi connectivity index (χ4n) is 2.89. The number of carbonyl (C=O) groups excluding carboxylic acids is 1. The Hall–Kier alpha value is -3.12. The maximum absolute atomic E-state index is 12.7. The second kappa shape index (κ2) is 10.5. The highest BCUT2D eigenvalue weighted by atomic mass is 32.2. The van der Waals surface area contributed by atoms with Gasteiger partial charge in [-0.2, -0.15) is 0 Å². The second-order valence-corrected chi connectivity index (χ2v) is 9.36. The average molecular weight is 477 g/mol. The lowest BCUT2D eigenvalue weighted by atomic mass is 10.2. The van der Waals surface area contributed by atoms with Crippen LogP contribution >= 0.6 is 23.1 Å². The highest BCUT2D eigenvalue weighted by molar-refractivity contribution is 8.01. The Morgan fingerprint density at radius 1 is 1.31 bits per heavy atom. The summed E-state index contributed by atoms with van der Waals surface area (Å²) in [5.74, 6) is 0.124. The number of ketones is 1. The number of thioether (sulfide) groups is 1. The molecular formula is C20H24N6O4S2. The van der Waals surface area contributed by atoms with E-state index in [-0.39, 0.29) is 23.1 Å². The van der Waals surface area contributed by atoms with E-state index in [4.69, 9.17) is 10.5 Å². The fourth-order valence-corrected chi connectivity index (χ4v) is 4.52. The highest BCUT2D eigenvalue weighted by Crippen LogP contribution is 2.31. The van der Waals surface area contributed by atoms with Gasteiger partial charge in [0.25, 0.3) is 5.56 Å². The lowest BCUT2D eigenvalue weighted by Crippen LogP contribution is -2.37. The fraction of sp³-hybridized carbons (Fsp3) is 0.350. The molecule has 2 heterocycles. The highest BCUT2D eigenvalue weighted by Gasteiger charge is 2.20. The van der Waals surface area contributed by atoms with Gasteiger partial charge in [0.05, 0.1) is 18.0 Å². The molecule has 0 bridgehead atoms. The molecule has 4 N–H and O–H groups in total. The Balaban J connectivity index is 1.71. The molecule has 0 aliphatic carbocycles. The molecule has 1 aromatic carbocycles. The van der Waals surface area contributed by atoms with Crippen molar-refractivity contribution >= 4 is 45.5 Å². The first-order chi connectivity index (χ1) is 15.3. The first-order valence-electron chi connectivity index (χ1n) is 9.91. The third kappa shape index (κ3) is 5.56. The van der Waals surface area contributed by atoms with Gasteiger partial charge in [-0.3, -0.25) is 19.1 Å². The van der Waals surface area contributed by atoms with Gasteiger partial charge >= 0.3 is 5.69 Å². The van der Waals surface area contributed by atoms with Gasteiger partial charge in [0.1, 0.15) is 17.1 Å². The number of ether oxygens (including phenoxy) is 1. The first-order valence-corrected chi connectivity index (χ1v) is 11.7. The minimum atomic E-state index is -0.787. The lowest BCUT2D eigenvalue weighted by Gasteiger charge is -2.13. The largest absolute Gasteiger partial charge is 0.492 e. The van der Waals surface area contributed by atoms with Gasteiger partial charge in [-0.15, -0.1) is 10.2 Å². The molecule has 0 saturated carbocycles. The van der Waals surface area contributed by atoms with E-state index in [0.29, 0.717) is 28.4 Å². The average Bonchev–Trinajstić information content (AvgIpc) is 3.18. The van der Waals surface area contributed by atoms with Crippen LogP contribution in [0, 0.1) is 5.92 Å². The minimum absolute atomic E-state index is 0.0721. The number of para-hydroxylation sites is 2. The monoisotopic (exact) mass is 476 g/mol. The summed E-state index contributed by atoms with van der Waals surface area (Å²) in [7, 11) is 0. The van der Waals surface area contributed by atoms with Crippen LogP contribution in [0.15, 0.2) is 38.2 Å². The molecule has 10 nitrogen and oxygen atoms in total. The summed E-state index contributed by atoms with van der Waals surface area (Å²) in [4.78, 5) is 39.2. The van der Waals surface area contributed by atoms with Gasteiger partial charge in [-0.25, -0.2) is 4.79 Å². The van der Waals surface area contributed by atoms with Crippen molar-refractivity contribution in [2.45, 2.75) is 31.7 Å². The lowest BCUT2D eigenvalue weighted by molar-refractivity contribution is 0.102. The number of Topliss-reactive ketones (excluding diaryl/α,β-unsaturated/α-hetero) is 1. The molecule has 0 fully saturated rings. The standard InChI is InChI=1S/C20H24N6O4S2/c1-4-30-14-8-6-5-7-12(14)22-18-24-25-20(32-18)31-10-13(27)15-16(21)26(9-11(2)3)19(29)23-17(15)28/h5-8,11H,4,9-10,21H2,1-3H3,(H,22,24)(H,23,28,29). The van der Waals surface area contributed by atoms with E-state index in [1.165, 1.54) is 15.9 Å². The third-order valence-corrected chi connectivity index (χ3v) is 6.20. The first kappa shape index (κ1) is 23.5. The number of nitrogens with two attached hydrogens (primary N) is 1. The molecule has 12 heteroatoms. The number of hydrogen-bond acceptors (Lipinski definition) is 10. The van der Waals surface area contributed by atoms with E-state index in [0.717, 1.165) is 17.4 Å². The number of nitrogens with zero attached hydrogens (tertiary/aromatic N) is 3. The van der Waals surface area contributed by atoms with Crippen LogP contribution in [0.3, 0.4) is 0 Å². The van der Waals surface area contributed by atoms with Crippen LogP contribution in [0.25, 0.3) is 0 Å². The Morgan fingerprint density at radius 3 is 2.78 bits per heavy atom. The van der Waals surface area contributed by atoms with Crippen LogP contribution in [0.1, 0.15) is 31.1 Å². The normalized spacial score (nSPS) is 11.0. The molecule has 0 radical (unpaired) electrons. The number of carbonyl (C=O) groups is 1. The number of aromatic amines is 1. The van der Waals surface area contributed by atoms with Crippen LogP contribution < -0.4 is 27.0 Å². The maximum atomic E-state index is 12.7. The summed E-state index contributed by atoms with van der Waals surface area (Å²) in [5, 5.41) is 11.9. The van der Waals surface area contributed by atoms with Gasteiger partial charge in [0.15, 0.2) is 10.1 Å². The number of benzene rings is 1. The van der Waals surface area contributed by atoms with Gasteiger partial charge in [-0.1, -0.05) is 49.1 Å². The predicted octanol–water partition coefficient (Wildman–Crippen LogP) is 2.74. The summed E-state index contributed by atoms with van der Waals surface area (Å²) >= 11 is 2.40. The summed E-state index contributed by atoms with van der Waals surface area (Å²) in [6.45, 7) is 6.54. The molecule has 32 heavy (non-hydrogen) atoms. The second-order valence-electron chi connectivity index (χ2n) is 7.16. The van der Waals surface area contributed by atoms with Crippen LogP contribution in [0.2, 0.25) is 0 Å². The zero-order valence-corrected chi connectivity index (χ0v) is 19.5. The molecule has 0 saturated heterocycles. The van der Waals surface area contributed by atoms with Crippen LogP contribution in [-0.4, -0.2) is 37.9 Å². The Labute approximate surface area is 192 Å². The summed E-state index contributed by atoms with van der Waals surface area (Å²) in [6, 6.07) is 7.47. The number of nitrogens with one attached hydrogen (secondary N) is 2. The van der Waals surface area contributed by atoms with E-state index >= 15 is 0 Å². The van der Waals surface area contributed by atoms with Crippen molar-refractivity contribution in [2.24, 2.45) is 5.92 Å². The van der Waals surface area contributed by atoms with Crippen LogP contribution in [-0.2, 0) is 6.54 Å². The van der Waals surface area contributed by atoms with E-state index in [2.05, 4.69) is 20.5 Å². The van der Waals surface area contributed by atoms with Crippen molar-refractivity contribution < 1.29 is 9.53 Å². The van der Waals surface area contributed by atoms with Crippen LogP contribution in [0.5, 0.6) is 5.75 Å². The number of hydrogen-bond donors (Lipinski definition) is 3. The van der Waals surface area contributed by atoms with Crippen molar-refractivity contribution in [3.63, 3.8) is 0 Å². The van der Waals surface area contributed by atoms with Crippen molar-refractivity contribution in [1.29, 1.82) is 0 Å². The molecule has 2 aromatic heterocycles. The third-order valence-electron chi connectivity index (χ3n) is 4.23. The number of H-pyrrole nitrogens is 1. The van der Waals surface area contributed by atoms with Gasteiger partial charge < -0.3 is 15.8 Å². The molecule has 3 rings (SSSR count). The predicted molar refractivity (Wildman–Crippen MR) is 126 cm³/mol. The summed E-state index contributed by atoms with van der Waals surface area (Å²) < 4.78 is 7.34. The van der Waals surface area contributed by atoms with Crippen LogP contribution in [0.4, 0.5) is 16.6 Å². The number of aromatic nitrogens is 4. The van der Waals surface area contributed by atoms with Crippen molar-refractivity contribution in [2.75, 3.05) is 23.4 Å². The SMILES string of the molecule is CCOc1ccccc1Nc1nnc(SCC(=O)c2c(N)n(CC(C)C)c(=O)[nH]c2=O)s1. The van der Waals surface area contributed by atoms with Crippen molar-refractivity contribution in [1.82, 2.24) is 19.7 Å². The van der Waals surface area contributed by atoms with Gasteiger partial charge in [0.2, 0.25) is 5.13 Å². The summed E-state index contributed by atoms with van der Waals surface area (Å²) in [5.41, 5.74) is 5.12. The Kier molecular flexibility index (Phi) is 7.70. The van der Waals surface area contributed by atoms with Crippen molar-refractivity contribution in [3.05, 3.63) is 50.7 Å². The molecule has 0 spiro atoms. The molecule has 0 atom stereocenters. The molecule has 0 aliphatic heterocycles. The zero-order valence-electron chi connectivity index (χ0n) is 17.9.